The molecule has 0 spiro atoms. The standard InChI is InChI=1S/C9H15N3O4/c1-6-11-9(15)16-12(6)5-3-2-4-7(10)8(13)14/h7H,2-5,10H2,1H3,(H,13,14). The maximum atomic E-state index is 10.7. The second kappa shape index (κ2) is 5.45. The predicted molar refractivity (Wildman–Crippen MR) is 55.0 cm³/mol. The lowest BCUT2D eigenvalue weighted by molar-refractivity contribution is -0.138. The van der Waals surface area contributed by atoms with Crippen LogP contribution in [0.25, 0.3) is 0 Å². The number of aromatic nitrogens is 2. The highest BCUT2D eigenvalue weighted by molar-refractivity contribution is 5.72. The summed E-state index contributed by atoms with van der Waals surface area (Å²) >= 11 is 0. The number of unbranched alkanes of at least 4 members (excludes halogenated alkanes) is 1. The molecule has 1 aromatic rings. The fraction of sp³-hybridized carbons (Fsp3) is 0.667. The van der Waals surface area contributed by atoms with Crippen molar-refractivity contribution in [2.24, 2.45) is 5.73 Å². The molecular weight excluding hydrogens is 214 g/mol. The third-order valence-electron chi connectivity index (χ3n) is 2.25. The zero-order valence-corrected chi connectivity index (χ0v) is 9.05. The zero-order chi connectivity index (χ0) is 12.1. The van der Waals surface area contributed by atoms with Gasteiger partial charge in [-0.1, -0.05) is 0 Å². The summed E-state index contributed by atoms with van der Waals surface area (Å²) in [5.74, 6) is -1.09. The number of nitrogens with two attached hydrogens (primary N) is 1. The molecule has 0 saturated heterocycles. The van der Waals surface area contributed by atoms with Crippen molar-refractivity contribution >= 4 is 5.97 Å². The van der Waals surface area contributed by atoms with Gasteiger partial charge in [0.05, 0.1) is 6.54 Å². The van der Waals surface area contributed by atoms with Crippen LogP contribution in [0.15, 0.2) is 9.32 Å². The molecular formula is C9H15N3O4. The SMILES string of the molecule is Cc1nc(=O)on1CCCCC(N)C(=O)O. The molecule has 7 nitrogen and oxygen atoms in total. The first-order valence-corrected chi connectivity index (χ1v) is 5.04. The van der Waals surface area contributed by atoms with Gasteiger partial charge in [0.25, 0.3) is 0 Å². The molecule has 16 heavy (non-hydrogen) atoms. The fourth-order valence-corrected chi connectivity index (χ4v) is 1.32. The van der Waals surface area contributed by atoms with Gasteiger partial charge < -0.3 is 15.4 Å². The molecule has 3 N–H and O–H groups in total. The van der Waals surface area contributed by atoms with Crippen molar-refractivity contribution in [2.75, 3.05) is 0 Å². The number of hydrogen-bond donors (Lipinski definition) is 2. The number of rotatable bonds is 6. The summed E-state index contributed by atoms with van der Waals surface area (Å²) < 4.78 is 6.17. The number of hydrogen-bond acceptors (Lipinski definition) is 5. The molecule has 1 unspecified atom stereocenters. The third-order valence-corrected chi connectivity index (χ3v) is 2.25. The molecule has 0 aliphatic carbocycles. The zero-order valence-electron chi connectivity index (χ0n) is 9.05. The van der Waals surface area contributed by atoms with Crippen molar-refractivity contribution in [3.05, 3.63) is 16.4 Å². The summed E-state index contributed by atoms with van der Waals surface area (Å²) in [5, 5.41) is 8.55. The summed E-state index contributed by atoms with van der Waals surface area (Å²) in [4.78, 5) is 24.7. The van der Waals surface area contributed by atoms with E-state index in [1.807, 2.05) is 0 Å². The van der Waals surface area contributed by atoms with Crippen molar-refractivity contribution < 1.29 is 14.4 Å². The second-order valence-electron chi connectivity index (χ2n) is 3.56. The Hall–Kier alpha value is -1.63. The van der Waals surface area contributed by atoms with E-state index in [1.54, 1.807) is 6.92 Å². The first-order valence-electron chi connectivity index (χ1n) is 5.04. The normalized spacial score (nSPS) is 12.6. The molecule has 90 valence electrons. The average Bonchev–Trinajstić information content (AvgIpc) is 2.51. The maximum absolute atomic E-state index is 10.7. The van der Waals surface area contributed by atoms with E-state index in [0.29, 0.717) is 31.6 Å². The van der Waals surface area contributed by atoms with Crippen LogP contribution in [0.1, 0.15) is 25.1 Å². The van der Waals surface area contributed by atoms with Crippen LogP contribution >= 0.6 is 0 Å². The molecule has 0 amide bonds. The van der Waals surface area contributed by atoms with E-state index in [-0.39, 0.29) is 0 Å². The van der Waals surface area contributed by atoms with Crippen LogP contribution in [-0.2, 0) is 11.3 Å². The molecule has 0 aliphatic rings. The van der Waals surface area contributed by atoms with Crippen LogP contribution in [0.2, 0.25) is 0 Å². The molecule has 7 heteroatoms. The smallest absolute Gasteiger partial charge is 0.459 e. The quantitative estimate of drug-likeness (QED) is 0.649. The first kappa shape index (κ1) is 12.4. The van der Waals surface area contributed by atoms with Gasteiger partial charge in [0.2, 0.25) is 0 Å². The number of aliphatic carboxylic acids is 1. The van der Waals surface area contributed by atoms with E-state index in [4.69, 9.17) is 15.4 Å². The van der Waals surface area contributed by atoms with Gasteiger partial charge in [-0.15, -0.1) is 0 Å². The molecule has 0 saturated carbocycles. The Morgan fingerprint density at radius 1 is 1.62 bits per heavy atom. The molecule has 0 aromatic carbocycles. The lowest BCUT2D eigenvalue weighted by Crippen LogP contribution is -2.29. The van der Waals surface area contributed by atoms with Gasteiger partial charge in [-0.05, 0) is 26.2 Å². The Bertz CT molecular complexity index is 409. The second-order valence-corrected chi connectivity index (χ2v) is 3.56. The first-order chi connectivity index (χ1) is 7.50. The van der Waals surface area contributed by atoms with Gasteiger partial charge in [0, 0.05) is 0 Å². The Kier molecular flexibility index (Phi) is 4.24. The number of aryl methyl sites for hydroxylation is 2. The molecule has 0 radical (unpaired) electrons. The van der Waals surface area contributed by atoms with E-state index in [9.17, 15) is 9.59 Å². The minimum Gasteiger partial charge on any atom is -0.480 e. The van der Waals surface area contributed by atoms with Crippen molar-refractivity contribution in [1.82, 2.24) is 9.72 Å². The maximum Gasteiger partial charge on any atom is 0.459 e. The largest absolute Gasteiger partial charge is 0.480 e. The Morgan fingerprint density at radius 2 is 2.31 bits per heavy atom. The molecule has 1 aromatic heterocycles. The van der Waals surface area contributed by atoms with Crippen molar-refractivity contribution in [1.29, 1.82) is 0 Å². The van der Waals surface area contributed by atoms with E-state index in [0.717, 1.165) is 0 Å². The highest BCUT2D eigenvalue weighted by Crippen LogP contribution is 2.02. The molecule has 1 rings (SSSR count). The Labute approximate surface area is 91.8 Å². The minimum absolute atomic E-state index is 0.410. The molecule has 0 fully saturated rings. The van der Waals surface area contributed by atoms with Crippen LogP contribution in [0.4, 0.5) is 0 Å². The molecule has 0 bridgehead atoms. The summed E-state index contributed by atoms with van der Waals surface area (Å²) in [7, 11) is 0. The Balaban J connectivity index is 2.29. The molecule has 1 atom stereocenters. The van der Waals surface area contributed by atoms with Crippen LogP contribution in [0.5, 0.6) is 0 Å². The Morgan fingerprint density at radius 3 is 2.81 bits per heavy atom. The van der Waals surface area contributed by atoms with Gasteiger partial charge >= 0.3 is 11.7 Å². The van der Waals surface area contributed by atoms with Crippen LogP contribution in [0, 0.1) is 6.92 Å². The number of carbonyl (C=O) groups is 1. The fourth-order valence-electron chi connectivity index (χ4n) is 1.32. The number of carboxylic acid groups (broad SMARTS) is 1. The van der Waals surface area contributed by atoms with E-state index < -0.39 is 17.8 Å². The van der Waals surface area contributed by atoms with E-state index in [1.165, 1.54) is 4.74 Å². The van der Waals surface area contributed by atoms with Gasteiger partial charge in [0.1, 0.15) is 11.9 Å². The monoisotopic (exact) mass is 229 g/mol. The van der Waals surface area contributed by atoms with Gasteiger partial charge in [0.15, 0.2) is 0 Å². The third kappa shape index (κ3) is 3.50. The van der Waals surface area contributed by atoms with Crippen LogP contribution in [-0.4, -0.2) is 26.8 Å². The van der Waals surface area contributed by atoms with E-state index in [2.05, 4.69) is 4.98 Å². The lowest BCUT2D eigenvalue weighted by Gasteiger charge is -2.05. The topological polar surface area (TPSA) is 111 Å². The van der Waals surface area contributed by atoms with Crippen LogP contribution in [0.3, 0.4) is 0 Å². The van der Waals surface area contributed by atoms with E-state index >= 15 is 0 Å². The highest BCUT2D eigenvalue weighted by Gasteiger charge is 2.10. The van der Waals surface area contributed by atoms with Gasteiger partial charge in [-0.2, -0.15) is 9.72 Å². The predicted octanol–water partition coefficient (Wildman–Crippen LogP) is -0.273. The molecule has 0 aliphatic heterocycles. The minimum atomic E-state index is -0.995. The molecule has 1 heterocycles. The lowest BCUT2D eigenvalue weighted by atomic mass is 10.1. The van der Waals surface area contributed by atoms with Crippen molar-refractivity contribution in [3.63, 3.8) is 0 Å². The highest BCUT2D eigenvalue weighted by atomic mass is 16.5. The van der Waals surface area contributed by atoms with Crippen molar-refractivity contribution in [3.8, 4) is 0 Å². The number of carboxylic acids is 1. The summed E-state index contributed by atoms with van der Waals surface area (Å²) in [6, 6.07) is -0.823. The average molecular weight is 229 g/mol. The van der Waals surface area contributed by atoms with Gasteiger partial charge in [-0.25, -0.2) is 4.79 Å². The summed E-state index contributed by atoms with van der Waals surface area (Å²) in [5.41, 5.74) is 5.34. The van der Waals surface area contributed by atoms with Gasteiger partial charge in [-0.3, -0.25) is 4.79 Å². The summed E-state index contributed by atoms with van der Waals surface area (Å²) in [6.07, 6.45) is 1.77. The van der Waals surface area contributed by atoms with Crippen LogP contribution < -0.4 is 11.5 Å². The number of nitrogens with zero attached hydrogens (tertiary/aromatic N) is 2. The van der Waals surface area contributed by atoms with Crippen molar-refractivity contribution in [2.45, 2.75) is 38.8 Å². The summed E-state index contributed by atoms with van der Waals surface area (Å²) in [6.45, 7) is 2.18.